The highest BCUT2D eigenvalue weighted by Gasteiger charge is 2.16. The van der Waals surface area contributed by atoms with Crippen LogP contribution in [0.3, 0.4) is 0 Å². The van der Waals surface area contributed by atoms with Crippen LogP contribution in [0, 0.1) is 6.92 Å². The predicted octanol–water partition coefficient (Wildman–Crippen LogP) is 7.49. The molecule has 0 atom stereocenters. The number of hydrogen-bond donors (Lipinski definition) is 1. The maximum absolute atomic E-state index is 12.9. The van der Waals surface area contributed by atoms with Crippen molar-refractivity contribution < 1.29 is 4.79 Å². The molecule has 4 aromatic rings. The maximum Gasteiger partial charge on any atom is 0.255 e. The molecule has 0 aromatic heterocycles. The first kappa shape index (κ1) is 23.3. The summed E-state index contributed by atoms with van der Waals surface area (Å²) in [4.78, 5) is 16.6. The van der Waals surface area contributed by atoms with Gasteiger partial charge in [0, 0.05) is 40.7 Å². The van der Waals surface area contributed by atoms with Crippen LogP contribution in [0.5, 0.6) is 0 Å². The molecule has 0 aliphatic carbocycles. The molecule has 1 heterocycles. The minimum Gasteiger partial charge on any atom is -0.367 e. The van der Waals surface area contributed by atoms with E-state index in [1.165, 1.54) is 33.7 Å². The Morgan fingerprint density at radius 2 is 1.63 bits per heavy atom. The van der Waals surface area contributed by atoms with Crippen LogP contribution in [0.1, 0.15) is 39.0 Å². The smallest absolute Gasteiger partial charge is 0.255 e. The van der Waals surface area contributed by atoms with Crippen molar-refractivity contribution in [3.05, 3.63) is 125 Å². The van der Waals surface area contributed by atoms with Crippen LogP contribution in [0.25, 0.3) is 0 Å². The zero-order valence-electron chi connectivity index (χ0n) is 20.0. The van der Waals surface area contributed by atoms with Gasteiger partial charge >= 0.3 is 0 Å². The molecule has 5 rings (SSSR count). The average molecular weight is 479 g/mol. The van der Waals surface area contributed by atoms with Crippen molar-refractivity contribution in [1.82, 2.24) is 0 Å². The molecule has 0 radical (unpaired) electrons. The molecular formula is C31H30N2OS. The van der Waals surface area contributed by atoms with Gasteiger partial charge in [-0.05, 0) is 78.4 Å². The number of anilines is 2. The summed E-state index contributed by atoms with van der Waals surface area (Å²) in [5, 5.41) is 3.09. The molecule has 0 unspecified atom stereocenters. The quantitative estimate of drug-likeness (QED) is 0.279. The number of hydrogen-bond acceptors (Lipinski definition) is 3. The van der Waals surface area contributed by atoms with Gasteiger partial charge in [0.25, 0.3) is 5.91 Å². The summed E-state index contributed by atoms with van der Waals surface area (Å²) in [6.07, 6.45) is 2.33. The number of thioether (sulfide) groups is 1. The van der Waals surface area contributed by atoms with Gasteiger partial charge in [-0.15, -0.1) is 11.8 Å². The number of fused-ring (bicyclic) bond motifs is 1. The van der Waals surface area contributed by atoms with E-state index >= 15 is 0 Å². The minimum absolute atomic E-state index is 0.0746. The normalized spacial score (nSPS) is 12.8. The third kappa shape index (κ3) is 5.77. The Balaban J connectivity index is 1.19. The molecule has 3 nitrogen and oxygen atoms in total. The first-order chi connectivity index (χ1) is 17.2. The number of para-hydroxylation sites is 1. The first-order valence-corrected chi connectivity index (χ1v) is 13.1. The highest BCUT2D eigenvalue weighted by molar-refractivity contribution is 7.98. The number of amides is 1. The van der Waals surface area contributed by atoms with E-state index in [0.29, 0.717) is 5.56 Å². The summed E-state index contributed by atoms with van der Waals surface area (Å²) >= 11 is 1.82. The van der Waals surface area contributed by atoms with Crippen molar-refractivity contribution in [2.24, 2.45) is 0 Å². The minimum atomic E-state index is -0.0746. The molecule has 0 saturated heterocycles. The van der Waals surface area contributed by atoms with Crippen LogP contribution >= 0.6 is 11.8 Å². The summed E-state index contributed by atoms with van der Waals surface area (Å²) in [6.45, 7) is 3.98. The van der Waals surface area contributed by atoms with Crippen molar-refractivity contribution >= 4 is 29.0 Å². The monoisotopic (exact) mass is 478 g/mol. The van der Waals surface area contributed by atoms with Crippen LogP contribution in [-0.4, -0.2) is 12.5 Å². The fourth-order valence-corrected chi connectivity index (χ4v) is 5.45. The zero-order valence-corrected chi connectivity index (χ0v) is 20.9. The molecule has 0 saturated carbocycles. The lowest BCUT2D eigenvalue weighted by molar-refractivity contribution is 0.102. The number of carbonyl (C=O) groups is 1. The molecular weight excluding hydrogens is 448 g/mol. The second kappa shape index (κ2) is 10.8. The molecule has 4 heteroatoms. The Morgan fingerprint density at radius 3 is 2.43 bits per heavy atom. The molecule has 35 heavy (non-hydrogen) atoms. The Labute approximate surface area is 212 Å². The largest absolute Gasteiger partial charge is 0.367 e. The Kier molecular flexibility index (Phi) is 7.20. The van der Waals surface area contributed by atoms with Crippen LogP contribution in [0.15, 0.2) is 102 Å². The van der Waals surface area contributed by atoms with Crippen molar-refractivity contribution in [1.29, 1.82) is 0 Å². The van der Waals surface area contributed by atoms with E-state index in [1.807, 2.05) is 43.0 Å². The fraction of sp³-hybridized carbons (Fsp3) is 0.194. The first-order valence-electron chi connectivity index (χ1n) is 12.2. The van der Waals surface area contributed by atoms with Gasteiger partial charge in [0.1, 0.15) is 0 Å². The lowest BCUT2D eigenvalue weighted by Crippen LogP contribution is -2.28. The molecule has 1 N–H and O–H groups in total. The lowest BCUT2D eigenvalue weighted by Gasteiger charge is -2.31. The van der Waals surface area contributed by atoms with E-state index in [4.69, 9.17) is 0 Å². The summed E-state index contributed by atoms with van der Waals surface area (Å²) in [5.74, 6) is 0.830. The van der Waals surface area contributed by atoms with Crippen LogP contribution in [0.2, 0.25) is 0 Å². The standard InChI is InChI=1S/C31H30N2OS/c1-23-20-25(22-35-28-10-3-2-4-11-28)15-18-29(23)32-31(34)27-16-13-24(14-17-27)21-33-19-7-9-26-8-5-6-12-30(26)33/h2-6,8,10-18,20H,7,9,19,21-22H2,1H3,(H,32,34). The van der Waals surface area contributed by atoms with E-state index in [0.717, 1.165) is 36.5 Å². The molecule has 1 aliphatic rings. The van der Waals surface area contributed by atoms with Crippen LogP contribution < -0.4 is 10.2 Å². The Hall–Kier alpha value is -3.50. The molecule has 0 fully saturated rings. The zero-order chi connectivity index (χ0) is 24.0. The van der Waals surface area contributed by atoms with Gasteiger partial charge < -0.3 is 10.2 Å². The third-order valence-electron chi connectivity index (χ3n) is 6.48. The van der Waals surface area contributed by atoms with Gasteiger partial charge in [-0.1, -0.05) is 60.7 Å². The maximum atomic E-state index is 12.9. The molecule has 0 spiro atoms. The third-order valence-corrected chi connectivity index (χ3v) is 7.57. The number of benzene rings is 4. The van der Waals surface area contributed by atoms with E-state index in [9.17, 15) is 4.79 Å². The van der Waals surface area contributed by atoms with Gasteiger partial charge in [-0.3, -0.25) is 4.79 Å². The van der Waals surface area contributed by atoms with E-state index in [2.05, 4.69) is 83.0 Å². The fourth-order valence-electron chi connectivity index (χ4n) is 4.59. The van der Waals surface area contributed by atoms with E-state index < -0.39 is 0 Å². The second-order valence-corrected chi connectivity index (χ2v) is 10.1. The molecule has 176 valence electrons. The molecule has 1 aliphatic heterocycles. The van der Waals surface area contributed by atoms with Crippen molar-refractivity contribution in [2.75, 3.05) is 16.8 Å². The molecule has 4 aromatic carbocycles. The van der Waals surface area contributed by atoms with Gasteiger partial charge in [0.2, 0.25) is 0 Å². The van der Waals surface area contributed by atoms with Crippen LogP contribution in [-0.2, 0) is 18.7 Å². The SMILES string of the molecule is Cc1cc(CSc2ccccc2)ccc1NC(=O)c1ccc(CN2CCCc3ccccc32)cc1. The van der Waals surface area contributed by atoms with Gasteiger partial charge in [0.15, 0.2) is 0 Å². The highest BCUT2D eigenvalue weighted by Crippen LogP contribution is 2.28. The Morgan fingerprint density at radius 1 is 0.886 bits per heavy atom. The second-order valence-electron chi connectivity index (χ2n) is 9.06. The summed E-state index contributed by atoms with van der Waals surface area (Å²) < 4.78 is 0. The number of nitrogens with one attached hydrogen (secondary N) is 1. The molecule has 1 amide bonds. The van der Waals surface area contributed by atoms with E-state index in [-0.39, 0.29) is 5.91 Å². The topological polar surface area (TPSA) is 32.3 Å². The van der Waals surface area contributed by atoms with Gasteiger partial charge in [0.05, 0.1) is 0 Å². The summed E-state index contributed by atoms with van der Waals surface area (Å²) in [7, 11) is 0. The van der Waals surface area contributed by atoms with Crippen molar-refractivity contribution in [2.45, 2.75) is 37.0 Å². The number of nitrogens with zero attached hydrogens (tertiary/aromatic N) is 1. The Bertz CT molecular complexity index is 1300. The van der Waals surface area contributed by atoms with Crippen molar-refractivity contribution in [3.63, 3.8) is 0 Å². The summed E-state index contributed by atoms with van der Waals surface area (Å²) in [6, 6.07) is 33.4. The van der Waals surface area contributed by atoms with E-state index in [1.54, 1.807) is 0 Å². The average Bonchev–Trinajstić information content (AvgIpc) is 2.90. The van der Waals surface area contributed by atoms with Gasteiger partial charge in [-0.25, -0.2) is 0 Å². The molecule has 0 bridgehead atoms. The van der Waals surface area contributed by atoms with Gasteiger partial charge in [-0.2, -0.15) is 0 Å². The van der Waals surface area contributed by atoms with Crippen molar-refractivity contribution in [3.8, 4) is 0 Å². The predicted molar refractivity (Wildman–Crippen MR) is 147 cm³/mol. The number of carbonyl (C=O) groups excluding carboxylic acids is 1. The summed E-state index contributed by atoms with van der Waals surface area (Å²) in [5.41, 5.74) is 7.84. The number of rotatable bonds is 7. The lowest BCUT2D eigenvalue weighted by atomic mass is 10.0. The highest BCUT2D eigenvalue weighted by atomic mass is 32.2. The van der Waals surface area contributed by atoms with Crippen LogP contribution in [0.4, 0.5) is 11.4 Å². The number of aryl methyl sites for hydroxylation is 2.